The molecule has 15 N–H and O–H groups in total. The highest BCUT2D eigenvalue weighted by atomic mass is 33.1. The van der Waals surface area contributed by atoms with E-state index in [9.17, 15) is 120 Å². The van der Waals surface area contributed by atoms with E-state index in [0.717, 1.165) is 62.9 Å². The summed E-state index contributed by atoms with van der Waals surface area (Å²) >= 11 is -1.17. The van der Waals surface area contributed by atoms with E-state index in [-0.39, 0.29) is 126 Å². The molecule has 41 nitrogen and oxygen atoms in total. The number of carboxylic acid groups (broad SMARTS) is 5. The molecule has 132 heavy (non-hydrogen) atoms. The number of carbonyl (C=O) groups excluding carboxylic acids is 12. The summed E-state index contributed by atoms with van der Waals surface area (Å²) in [5.74, 6) is -22.4. The van der Waals surface area contributed by atoms with Gasteiger partial charge in [0, 0.05) is 103 Å². The van der Waals surface area contributed by atoms with Crippen LogP contribution in [0.1, 0.15) is 171 Å². The van der Waals surface area contributed by atoms with E-state index in [2.05, 4.69) is 31.3 Å². The number of aromatic hydroxyl groups is 1. The molecule has 0 radical (unpaired) electrons. The minimum Gasteiger partial charge on any atom is -0.508 e. The number of phenolic OH excluding ortho intramolecular Hbond substituents is 1. The molecule has 5 rings (SSSR count). The molecule has 0 saturated carbocycles. The molecule has 1 aliphatic heterocycles. The number of carbonyl (C=O) groups is 17. The van der Waals surface area contributed by atoms with Crippen LogP contribution in [0, 0.1) is 35.5 Å². The largest absolute Gasteiger partial charge is 0.508 e. The molecule has 4 aromatic rings. The number of aromatic nitrogens is 1. The van der Waals surface area contributed by atoms with Gasteiger partial charge in [0.2, 0.25) is 33.7 Å². The average molecular weight is 1950 g/mol. The monoisotopic (exact) mass is 1940 g/mol. The zero-order valence-corrected chi connectivity index (χ0v) is 78.8. The number of Topliss-reactive ketones (excluding diaryl/α,β-unsaturated/α-hetero) is 5. The molecule has 1 fully saturated rings. The molecule has 3 aromatic carbocycles. The number of carboxylic acids is 5. The van der Waals surface area contributed by atoms with Gasteiger partial charge in [0.05, 0.1) is 91.9 Å². The third kappa shape index (κ3) is 40.8. The number of aliphatic carboxylic acids is 5. The molecule has 2 heterocycles. The number of primary sulfonamides is 1. The molecule has 0 bridgehead atoms. The Kier molecular flexibility index (Phi) is 47.7. The topological polar surface area (TPSA) is 626 Å². The lowest BCUT2D eigenvalue weighted by atomic mass is 9.82. The molecular formula is C86H120N12O29S5. The van der Waals surface area contributed by atoms with Crippen molar-refractivity contribution < 1.29 is 139 Å². The molecule has 0 spiro atoms. The number of likely N-dealkylation sites (N-methyl/N-ethyl adjacent to an activating group) is 1. The van der Waals surface area contributed by atoms with Gasteiger partial charge in [-0.2, -0.15) is 0 Å². The van der Waals surface area contributed by atoms with Crippen molar-refractivity contribution in [3.05, 3.63) is 100 Å². The Bertz CT molecular complexity index is 4780. The number of anilines is 2. The molecule has 728 valence electrons. The number of nitrogens with zero attached hydrogens (tertiary/aromatic N) is 5. The lowest BCUT2D eigenvalue weighted by Crippen LogP contribution is -2.50. The number of ether oxygens (including phenoxy) is 2. The second-order valence-corrected chi connectivity index (χ2v) is 38.6. The summed E-state index contributed by atoms with van der Waals surface area (Å²) in [6, 6.07) is 10.9. The van der Waals surface area contributed by atoms with Gasteiger partial charge in [0.25, 0.3) is 17.2 Å². The molecule has 12 atom stereocenters. The van der Waals surface area contributed by atoms with E-state index in [4.69, 9.17) is 24.1 Å². The van der Waals surface area contributed by atoms with E-state index in [0.29, 0.717) is 36.3 Å². The van der Waals surface area contributed by atoms with E-state index >= 15 is 4.79 Å². The van der Waals surface area contributed by atoms with Crippen LogP contribution in [0.3, 0.4) is 0 Å². The smallest absolute Gasteiger partial charge is 0.407 e. The number of ketones is 5. The molecule has 1 aliphatic rings. The Labute approximate surface area is 779 Å². The number of likely N-dealkylation sites (tertiary alicyclic amines) is 1. The van der Waals surface area contributed by atoms with Gasteiger partial charge < -0.3 is 71.6 Å². The quantitative estimate of drug-likeness (QED) is 0.00839. The van der Waals surface area contributed by atoms with Crippen molar-refractivity contribution in [2.24, 2.45) is 40.6 Å². The molecule has 46 heteroatoms. The maximum absolute atomic E-state index is 15.0. The van der Waals surface area contributed by atoms with Gasteiger partial charge in [-0.15, -0.1) is 11.3 Å². The number of nitrogens with one attached hydrogen (secondary N) is 6. The van der Waals surface area contributed by atoms with Gasteiger partial charge in [0.15, 0.2) is 35.6 Å². The summed E-state index contributed by atoms with van der Waals surface area (Å²) in [5, 5.41) is 79.2. The molecule has 0 aliphatic carbocycles. The summed E-state index contributed by atoms with van der Waals surface area (Å²) in [5.41, 5.74) is 1.43. The fourth-order valence-corrected chi connectivity index (χ4v) is 18.4. The summed E-state index contributed by atoms with van der Waals surface area (Å²) in [6.45, 7) is 9.21. The number of hydrogen-bond acceptors (Lipinski definition) is 30. The van der Waals surface area contributed by atoms with Crippen molar-refractivity contribution in [1.29, 1.82) is 0 Å². The van der Waals surface area contributed by atoms with Crippen LogP contribution in [0.4, 0.5) is 16.2 Å². The van der Waals surface area contributed by atoms with Crippen molar-refractivity contribution in [2.75, 3.05) is 94.3 Å². The summed E-state index contributed by atoms with van der Waals surface area (Å²) in [6.07, 6.45) is -2.55. The number of amides is 6. The summed E-state index contributed by atoms with van der Waals surface area (Å²) < 4.78 is 57.3. The molecule has 1 aromatic heterocycles. The Morgan fingerprint density at radius 3 is 1.85 bits per heavy atom. The van der Waals surface area contributed by atoms with Gasteiger partial charge >= 0.3 is 41.9 Å². The fraction of sp³-hybridized carbons (Fsp3) is 0.558. The Hall–Kier alpha value is -10.7. The van der Waals surface area contributed by atoms with Crippen LogP contribution in [0.5, 0.6) is 5.75 Å². The number of alkyl carbamates (subject to hydrolysis) is 1. The van der Waals surface area contributed by atoms with Crippen LogP contribution >= 0.6 is 32.9 Å². The van der Waals surface area contributed by atoms with Gasteiger partial charge in [0.1, 0.15) is 18.1 Å². The first-order valence-corrected chi connectivity index (χ1v) is 48.8. The average Bonchev–Trinajstić information content (AvgIpc) is 0.839. The highest BCUT2D eigenvalue weighted by Crippen LogP contribution is 2.34. The number of esters is 1. The number of thiazole rings is 1. The van der Waals surface area contributed by atoms with Gasteiger partial charge in [-0.05, 0) is 124 Å². The maximum Gasteiger partial charge on any atom is 0.407 e. The number of rotatable bonds is 63. The van der Waals surface area contributed by atoms with Crippen LogP contribution in [0.15, 0.2) is 83.1 Å². The molecular weight excluding hydrogens is 1830 g/mol. The van der Waals surface area contributed by atoms with Crippen molar-refractivity contribution in [3.63, 3.8) is 0 Å². The van der Waals surface area contributed by atoms with Crippen LogP contribution in [-0.2, 0) is 116 Å². The Morgan fingerprint density at radius 2 is 1.27 bits per heavy atom. The SMILES string of the molecule is CCCC(=O)OCN(C(=O)[C@@H](CC(=O)[C@H]1CCCCN1C)C(C)CC)[C@H](C[C@@H](C)c1nc(C(=O)N[C@@H](Cc2ccc(O)cc2)C[C@H](C)C(=O)CNC(=O)OCCSSC[C@H](CC(=O)[C@H](CC(=O)O)NC(=O)[C@H](CC(=O)O)CC(=O)[C@H](CC(=O)O)NC(=O)CN(CCN(CC(=O)O)CC(=O)Nc2ccc(NS(=O)O)cc2)CC(=O)Cc2ccc(S(N)(=O)=O)cc2)C(=O)O)cs1)C(C)C. The predicted octanol–water partition coefficient (Wildman–Crippen LogP) is 5.61. The van der Waals surface area contributed by atoms with Crippen molar-refractivity contribution in [2.45, 2.75) is 192 Å². The van der Waals surface area contributed by atoms with Crippen LogP contribution in [-0.4, -0.2) is 287 Å². The Balaban J connectivity index is 1.17. The normalized spacial score (nSPS) is 15.4. The van der Waals surface area contributed by atoms with Gasteiger partial charge in [-0.3, -0.25) is 101 Å². The first-order chi connectivity index (χ1) is 62.2. The van der Waals surface area contributed by atoms with Crippen LogP contribution < -0.4 is 36.4 Å². The summed E-state index contributed by atoms with van der Waals surface area (Å²) in [7, 11) is -0.341. The fourth-order valence-electron chi connectivity index (χ4n) is 14.5. The predicted molar refractivity (Wildman–Crippen MR) is 486 cm³/mol. The number of phenols is 1. The standard InChI is InChI=1S/C86H120N12O29S5/c1-9-13-80(115)127-49-98(84(118)64(51(5)10-2)39-72(103)68-14-11-12-27-95(68)8)69(50(3)4)33-53(7)83-93-67(48-128-83)82(117)90-60(34-54-15-23-61(99)24-16-54)32-52(6)73(104)42-88-86(121)126-30-31-129-130-47-57(85(119)120)37-71(102)66(41-78(111)112)92-81(116)56(38-76(107)108)36-70(101)65(40-77(109)110)91-75(106)45-96(43-62(100)35-55-17-25-63(26-18-55)132(87,124)125)28-29-97(46-79(113)114)44-74(105)89-58-19-21-59(22-20-58)94-131(122)123/h15-26,48,50-53,56-57,60,64-66,68-69,94,99H,9-14,27-47,49H2,1-8H3,(H,88,121)(H,89,105)(H,90,117)(H,91,106)(H,92,116)(H,107,108)(H,109,110)(H,111,112)(H,113,114)(H,119,120)(H,122,123)(H2,87,124,125)/t51?,52-,53+,56-,57-,60+,64-,65-,66-,68+,69+/m0/s1. The number of sulfonamides is 1. The second-order valence-electron chi connectivity index (χ2n) is 32.9. The third-order valence-corrected chi connectivity index (χ3v) is 26.7. The first-order valence-electron chi connectivity index (χ1n) is 42.7. The number of piperidine rings is 1. The second kappa shape index (κ2) is 56.3. The molecule has 6 amide bonds. The lowest BCUT2D eigenvalue weighted by molar-refractivity contribution is -0.160. The van der Waals surface area contributed by atoms with Crippen LogP contribution in [0.2, 0.25) is 0 Å². The third-order valence-electron chi connectivity index (χ3n) is 21.8. The van der Waals surface area contributed by atoms with E-state index in [1.54, 1.807) is 29.3 Å². The van der Waals surface area contributed by atoms with E-state index in [1.165, 1.54) is 59.9 Å². The van der Waals surface area contributed by atoms with Crippen molar-refractivity contribution in [1.82, 2.24) is 45.9 Å². The van der Waals surface area contributed by atoms with E-state index in [1.807, 2.05) is 53.5 Å². The highest BCUT2D eigenvalue weighted by molar-refractivity contribution is 8.76. The van der Waals surface area contributed by atoms with Crippen molar-refractivity contribution in [3.8, 4) is 5.75 Å². The number of hydrogen-bond donors (Lipinski definition) is 14. The first kappa shape index (κ1) is 112. The maximum atomic E-state index is 15.0. The Morgan fingerprint density at radius 1 is 0.674 bits per heavy atom. The van der Waals surface area contributed by atoms with Crippen molar-refractivity contribution >= 4 is 166 Å². The molecule has 1 saturated heterocycles. The van der Waals surface area contributed by atoms with E-state index < -0.39 is 236 Å². The minimum absolute atomic E-state index is 0.00207. The molecule has 2 unspecified atom stereocenters. The summed E-state index contributed by atoms with van der Waals surface area (Å²) in [4.78, 5) is 237. The lowest BCUT2D eigenvalue weighted by Gasteiger charge is -2.39. The zero-order valence-electron chi connectivity index (χ0n) is 74.7. The van der Waals surface area contributed by atoms with Gasteiger partial charge in [-0.25, -0.2) is 27.5 Å². The number of nitrogens with two attached hydrogens (primary N) is 1. The zero-order chi connectivity index (χ0) is 98.2. The highest BCUT2D eigenvalue weighted by Gasteiger charge is 2.41. The minimum atomic E-state index is -4.15. The number of benzene rings is 3. The van der Waals surface area contributed by atoms with Crippen LogP contribution in [0.25, 0.3) is 0 Å². The van der Waals surface area contributed by atoms with Gasteiger partial charge in [-0.1, -0.05) is 107 Å².